The second-order valence-electron chi connectivity index (χ2n) is 5.48. The van der Waals surface area contributed by atoms with Gasteiger partial charge >= 0.3 is 5.97 Å². The largest absolute Gasteiger partial charge is 0.480 e. The summed E-state index contributed by atoms with van der Waals surface area (Å²) in [5, 5.41) is 11.9. The summed E-state index contributed by atoms with van der Waals surface area (Å²) in [7, 11) is 0. The Morgan fingerprint density at radius 2 is 1.80 bits per heavy atom. The molecule has 0 saturated carbocycles. The average molecular weight is 277 g/mol. The van der Waals surface area contributed by atoms with Crippen molar-refractivity contribution in [2.45, 2.75) is 52.5 Å². The van der Waals surface area contributed by atoms with Crippen LogP contribution in [0.25, 0.3) is 0 Å². The van der Waals surface area contributed by atoms with Gasteiger partial charge in [-0.3, -0.25) is 4.79 Å². The van der Waals surface area contributed by atoms with Gasteiger partial charge in [0.05, 0.1) is 6.42 Å². The van der Waals surface area contributed by atoms with Gasteiger partial charge in [0.15, 0.2) is 0 Å². The van der Waals surface area contributed by atoms with E-state index < -0.39 is 11.5 Å². The summed E-state index contributed by atoms with van der Waals surface area (Å²) in [6.07, 6.45) is 1.33. The van der Waals surface area contributed by atoms with Gasteiger partial charge in [-0.05, 0) is 43.9 Å². The van der Waals surface area contributed by atoms with Crippen LogP contribution in [0.1, 0.15) is 43.4 Å². The Hall–Kier alpha value is -1.84. The van der Waals surface area contributed by atoms with Crippen LogP contribution < -0.4 is 5.32 Å². The van der Waals surface area contributed by atoms with E-state index in [9.17, 15) is 14.7 Å². The highest BCUT2D eigenvalue weighted by Crippen LogP contribution is 2.16. The van der Waals surface area contributed by atoms with Crippen LogP contribution >= 0.6 is 0 Å². The molecule has 1 unspecified atom stereocenters. The van der Waals surface area contributed by atoms with Gasteiger partial charge < -0.3 is 10.4 Å². The van der Waals surface area contributed by atoms with Crippen LogP contribution in [0.3, 0.4) is 0 Å². The third kappa shape index (κ3) is 3.83. The summed E-state index contributed by atoms with van der Waals surface area (Å²) in [6, 6.07) is 5.86. The van der Waals surface area contributed by atoms with E-state index in [1.54, 1.807) is 6.92 Å². The van der Waals surface area contributed by atoms with Gasteiger partial charge in [-0.2, -0.15) is 0 Å². The van der Waals surface area contributed by atoms with Crippen LogP contribution in [-0.4, -0.2) is 22.5 Å². The zero-order valence-corrected chi connectivity index (χ0v) is 12.6. The number of carbonyl (C=O) groups is 2. The lowest BCUT2D eigenvalue weighted by Crippen LogP contribution is -2.52. The molecule has 1 atom stereocenters. The van der Waals surface area contributed by atoms with E-state index in [4.69, 9.17) is 0 Å². The second-order valence-corrected chi connectivity index (χ2v) is 5.48. The summed E-state index contributed by atoms with van der Waals surface area (Å²) >= 11 is 0. The van der Waals surface area contributed by atoms with Gasteiger partial charge in [0.25, 0.3) is 0 Å². The Morgan fingerprint density at radius 3 is 2.25 bits per heavy atom. The van der Waals surface area contributed by atoms with Gasteiger partial charge in [-0.1, -0.05) is 31.5 Å². The number of hydrogen-bond acceptors (Lipinski definition) is 2. The van der Waals surface area contributed by atoms with Crippen LogP contribution in [0.15, 0.2) is 18.2 Å². The third-order valence-electron chi connectivity index (χ3n) is 3.62. The standard InChI is InChI=1S/C16H23NO3/c1-5-9-16(4,15(19)20)17-14(18)10-13-11(2)7-6-8-12(13)3/h6-8H,5,9-10H2,1-4H3,(H,17,18)(H,19,20). The Balaban J connectivity index is 2.84. The molecule has 0 bridgehead atoms. The molecule has 0 heterocycles. The summed E-state index contributed by atoms with van der Waals surface area (Å²) in [5.41, 5.74) is 1.87. The molecule has 0 aliphatic heterocycles. The van der Waals surface area contributed by atoms with Crippen LogP contribution in [0.5, 0.6) is 0 Å². The first-order valence-electron chi connectivity index (χ1n) is 6.89. The van der Waals surface area contributed by atoms with E-state index in [2.05, 4.69) is 5.32 Å². The van der Waals surface area contributed by atoms with E-state index >= 15 is 0 Å². The van der Waals surface area contributed by atoms with Crippen LogP contribution in [0.2, 0.25) is 0 Å². The Labute approximate surface area is 120 Å². The number of benzene rings is 1. The molecule has 1 aromatic rings. The summed E-state index contributed by atoms with van der Waals surface area (Å²) in [4.78, 5) is 23.5. The predicted molar refractivity (Wildman–Crippen MR) is 78.7 cm³/mol. The molecule has 0 aliphatic carbocycles. The highest BCUT2D eigenvalue weighted by molar-refractivity contribution is 5.87. The molecule has 0 fully saturated rings. The molecule has 0 aliphatic rings. The molecule has 1 aromatic carbocycles. The molecule has 2 N–H and O–H groups in total. The van der Waals surface area contributed by atoms with Gasteiger partial charge in [0.1, 0.15) is 5.54 Å². The fourth-order valence-electron chi connectivity index (χ4n) is 2.36. The zero-order chi connectivity index (χ0) is 15.3. The van der Waals surface area contributed by atoms with Crippen molar-refractivity contribution in [3.05, 3.63) is 34.9 Å². The summed E-state index contributed by atoms with van der Waals surface area (Å²) in [6.45, 7) is 7.37. The van der Waals surface area contributed by atoms with E-state index in [-0.39, 0.29) is 12.3 Å². The molecule has 1 amide bonds. The fraction of sp³-hybridized carbons (Fsp3) is 0.500. The third-order valence-corrected chi connectivity index (χ3v) is 3.62. The van der Waals surface area contributed by atoms with Crippen LogP contribution in [-0.2, 0) is 16.0 Å². The Kier molecular flexibility index (Phi) is 5.31. The van der Waals surface area contributed by atoms with E-state index in [0.717, 1.165) is 16.7 Å². The predicted octanol–water partition coefficient (Wildman–Crippen LogP) is 2.61. The minimum atomic E-state index is -1.19. The van der Waals surface area contributed by atoms with Crippen molar-refractivity contribution in [3.8, 4) is 0 Å². The minimum Gasteiger partial charge on any atom is -0.480 e. The molecule has 4 heteroatoms. The Morgan fingerprint density at radius 1 is 1.25 bits per heavy atom. The van der Waals surface area contributed by atoms with E-state index in [1.165, 1.54) is 0 Å². The highest BCUT2D eigenvalue weighted by Gasteiger charge is 2.33. The van der Waals surface area contributed by atoms with Gasteiger partial charge in [-0.15, -0.1) is 0 Å². The first-order valence-corrected chi connectivity index (χ1v) is 6.89. The minimum absolute atomic E-state index is 0.213. The molecule has 4 nitrogen and oxygen atoms in total. The molecule has 0 aromatic heterocycles. The molecular formula is C16H23NO3. The first-order chi connectivity index (χ1) is 9.30. The molecule has 0 radical (unpaired) electrons. The molecule has 110 valence electrons. The molecular weight excluding hydrogens is 254 g/mol. The topological polar surface area (TPSA) is 66.4 Å². The van der Waals surface area contributed by atoms with Crippen molar-refractivity contribution in [2.75, 3.05) is 0 Å². The van der Waals surface area contributed by atoms with Crippen molar-refractivity contribution < 1.29 is 14.7 Å². The second kappa shape index (κ2) is 6.55. The van der Waals surface area contributed by atoms with E-state index in [1.807, 2.05) is 39.0 Å². The van der Waals surface area contributed by atoms with Gasteiger partial charge in [0, 0.05) is 0 Å². The SMILES string of the molecule is CCCC(C)(NC(=O)Cc1c(C)cccc1C)C(=O)O. The molecule has 0 spiro atoms. The summed E-state index contributed by atoms with van der Waals surface area (Å²) < 4.78 is 0. The van der Waals surface area contributed by atoms with Crippen LogP contribution in [0, 0.1) is 13.8 Å². The lowest BCUT2D eigenvalue weighted by Gasteiger charge is -2.26. The van der Waals surface area contributed by atoms with Crippen molar-refractivity contribution in [1.82, 2.24) is 5.32 Å². The van der Waals surface area contributed by atoms with Crippen molar-refractivity contribution >= 4 is 11.9 Å². The van der Waals surface area contributed by atoms with Crippen LogP contribution in [0.4, 0.5) is 0 Å². The van der Waals surface area contributed by atoms with E-state index in [0.29, 0.717) is 12.8 Å². The first kappa shape index (κ1) is 16.2. The van der Waals surface area contributed by atoms with Gasteiger partial charge in [0.2, 0.25) is 5.91 Å². The summed E-state index contributed by atoms with van der Waals surface area (Å²) in [5.74, 6) is -1.24. The number of rotatable bonds is 6. The number of nitrogens with one attached hydrogen (secondary N) is 1. The number of aryl methyl sites for hydroxylation is 2. The quantitative estimate of drug-likeness (QED) is 0.840. The van der Waals surface area contributed by atoms with Crippen molar-refractivity contribution in [3.63, 3.8) is 0 Å². The van der Waals surface area contributed by atoms with Crippen molar-refractivity contribution in [1.29, 1.82) is 0 Å². The number of carbonyl (C=O) groups excluding carboxylic acids is 1. The zero-order valence-electron chi connectivity index (χ0n) is 12.6. The number of amides is 1. The number of carboxylic acid groups (broad SMARTS) is 1. The lowest BCUT2D eigenvalue weighted by atomic mass is 9.94. The maximum absolute atomic E-state index is 12.1. The lowest BCUT2D eigenvalue weighted by molar-refractivity contribution is -0.147. The number of hydrogen-bond donors (Lipinski definition) is 2. The molecule has 1 rings (SSSR count). The number of carboxylic acids is 1. The molecule has 20 heavy (non-hydrogen) atoms. The fourth-order valence-corrected chi connectivity index (χ4v) is 2.36. The number of aliphatic carboxylic acids is 1. The maximum Gasteiger partial charge on any atom is 0.329 e. The van der Waals surface area contributed by atoms with Crippen molar-refractivity contribution in [2.24, 2.45) is 0 Å². The maximum atomic E-state index is 12.1. The smallest absolute Gasteiger partial charge is 0.329 e. The van der Waals surface area contributed by atoms with Gasteiger partial charge in [-0.25, -0.2) is 4.79 Å². The monoisotopic (exact) mass is 277 g/mol. The normalized spacial score (nSPS) is 13.6. The highest BCUT2D eigenvalue weighted by atomic mass is 16.4. The molecule has 0 saturated heterocycles. The average Bonchev–Trinajstić information content (AvgIpc) is 2.34. The Bertz CT molecular complexity index is 490.